The standard InChI is InChI=1S/C11H11ClFNO2/c1-2-16-10(15)5-3-4-8-6-9(12)11(13)14-7-8/h3-4,6-7H,2,5H2,1H3. The third-order valence-electron chi connectivity index (χ3n) is 1.72. The Morgan fingerprint density at radius 1 is 1.69 bits per heavy atom. The van der Waals surface area contributed by atoms with Gasteiger partial charge in [0.05, 0.1) is 18.1 Å². The molecule has 0 aliphatic carbocycles. The van der Waals surface area contributed by atoms with E-state index in [2.05, 4.69) is 4.98 Å². The van der Waals surface area contributed by atoms with E-state index in [4.69, 9.17) is 16.3 Å². The van der Waals surface area contributed by atoms with Crippen LogP contribution in [0.1, 0.15) is 18.9 Å². The first-order valence-electron chi connectivity index (χ1n) is 4.76. The van der Waals surface area contributed by atoms with E-state index >= 15 is 0 Å². The highest BCUT2D eigenvalue weighted by molar-refractivity contribution is 6.30. The van der Waals surface area contributed by atoms with Crippen LogP contribution >= 0.6 is 11.6 Å². The highest BCUT2D eigenvalue weighted by Gasteiger charge is 2.00. The summed E-state index contributed by atoms with van der Waals surface area (Å²) in [6, 6.07) is 1.44. The van der Waals surface area contributed by atoms with Gasteiger partial charge in [-0.1, -0.05) is 23.8 Å². The molecule has 0 aliphatic heterocycles. The molecule has 0 atom stereocenters. The Morgan fingerprint density at radius 3 is 3.06 bits per heavy atom. The molecule has 0 radical (unpaired) electrons. The minimum Gasteiger partial charge on any atom is -0.466 e. The summed E-state index contributed by atoms with van der Waals surface area (Å²) < 4.78 is 17.4. The van der Waals surface area contributed by atoms with E-state index in [1.807, 2.05) is 0 Å². The second kappa shape index (κ2) is 6.23. The van der Waals surface area contributed by atoms with Crippen LogP contribution in [0, 0.1) is 5.95 Å². The van der Waals surface area contributed by atoms with Crippen LogP contribution in [0.4, 0.5) is 4.39 Å². The van der Waals surface area contributed by atoms with Crippen LogP contribution in [0.5, 0.6) is 0 Å². The first-order valence-corrected chi connectivity index (χ1v) is 5.14. The van der Waals surface area contributed by atoms with Crippen LogP contribution < -0.4 is 0 Å². The van der Waals surface area contributed by atoms with E-state index in [-0.39, 0.29) is 17.4 Å². The van der Waals surface area contributed by atoms with Crippen molar-refractivity contribution in [3.8, 4) is 0 Å². The summed E-state index contributed by atoms with van der Waals surface area (Å²) in [6.45, 7) is 2.10. The lowest BCUT2D eigenvalue weighted by molar-refractivity contribution is -0.142. The van der Waals surface area contributed by atoms with Crippen molar-refractivity contribution in [1.82, 2.24) is 4.98 Å². The van der Waals surface area contributed by atoms with Crippen molar-refractivity contribution < 1.29 is 13.9 Å². The molecule has 0 aromatic carbocycles. The zero-order valence-corrected chi connectivity index (χ0v) is 9.50. The highest BCUT2D eigenvalue weighted by Crippen LogP contribution is 2.14. The Hall–Kier alpha value is -1.42. The number of rotatable bonds is 4. The third kappa shape index (κ3) is 3.98. The molecule has 86 valence electrons. The Labute approximate surface area is 97.9 Å². The molecule has 0 saturated carbocycles. The van der Waals surface area contributed by atoms with Crippen LogP contribution in [0.3, 0.4) is 0 Å². The number of esters is 1. The predicted octanol–water partition coefficient (Wildman–Crippen LogP) is 2.84. The quantitative estimate of drug-likeness (QED) is 0.603. The number of carbonyl (C=O) groups is 1. The first-order chi connectivity index (χ1) is 7.63. The van der Waals surface area contributed by atoms with Crippen molar-refractivity contribution >= 4 is 23.6 Å². The summed E-state index contributed by atoms with van der Waals surface area (Å²) in [5.74, 6) is -1.01. The topological polar surface area (TPSA) is 39.2 Å². The molecule has 16 heavy (non-hydrogen) atoms. The number of pyridine rings is 1. The van der Waals surface area contributed by atoms with Crippen LogP contribution in [0.25, 0.3) is 6.08 Å². The van der Waals surface area contributed by atoms with E-state index in [9.17, 15) is 9.18 Å². The molecule has 1 heterocycles. The molecule has 0 spiro atoms. The summed E-state index contributed by atoms with van der Waals surface area (Å²) in [7, 11) is 0. The SMILES string of the molecule is CCOC(=O)CC=Cc1cnc(F)c(Cl)c1. The van der Waals surface area contributed by atoms with E-state index in [0.29, 0.717) is 12.2 Å². The van der Waals surface area contributed by atoms with E-state index in [0.717, 1.165) is 0 Å². The lowest BCUT2D eigenvalue weighted by Crippen LogP contribution is -2.01. The van der Waals surface area contributed by atoms with Gasteiger partial charge in [0.25, 0.3) is 0 Å². The van der Waals surface area contributed by atoms with Gasteiger partial charge in [-0.3, -0.25) is 4.79 Å². The summed E-state index contributed by atoms with van der Waals surface area (Å²) in [4.78, 5) is 14.4. The zero-order valence-electron chi connectivity index (χ0n) is 8.74. The fraction of sp³-hybridized carbons (Fsp3) is 0.273. The first kappa shape index (κ1) is 12.6. The van der Waals surface area contributed by atoms with Crippen LogP contribution in [-0.2, 0) is 9.53 Å². The average Bonchev–Trinajstić information content (AvgIpc) is 2.24. The Bertz CT molecular complexity index is 407. The van der Waals surface area contributed by atoms with Gasteiger partial charge in [0, 0.05) is 6.20 Å². The normalized spacial score (nSPS) is 10.7. The second-order valence-corrected chi connectivity index (χ2v) is 3.36. The minimum absolute atomic E-state index is 0.0433. The number of aromatic nitrogens is 1. The van der Waals surface area contributed by atoms with E-state index < -0.39 is 5.95 Å². The lowest BCUT2D eigenvalue weighted by Gasteiger charge is -1.97. The second-order valence-electron chi connectivity index (χ2n) is 2.95. The number of ether oxygens (including phenoxy) is 1. The van der Waals surface area contributed by atoms with Gasteiger partial charge in [-0.25, -0.2) is 4.98 Å². The molecule has 1 rings (SSSR count). The number of hydrogen-bond acceptors (Lipinski definition) is 3. The lowest BCUT2D eigenvalue weighted by atomic mass is 10.2. The van der Waals surface area contributed by atoms with Crippen LogP contribution in [0.15, 0.2) is 18.3 Å². The van der Waals surface area contributed by atoms with Crippen molar-refractivity contribution in [3.05, 3.63) is 34.9 Å². The van der Waals surface area contributed by atoms with Gasteiger partial charge in [0.15, 0.2) is 0 Å². The summed E-state index contributed by atoms with van der Waals surface area (Å²) in [5, 5.41) is -0.0433. The largest absolute Gasteiger partial charge is 0.466 e. The molecular formula is C11H11ClFNO2. The average molecular weight is 244 g/mol. The van der Waals surface area contributed by atoms with Crippen LogP contribution in [0.2, 0.25) is 5.02 Å². The molecule has 0 saturated heterocycles. The molecule has 5 heteroatoms. The van der Waals surface area contributed by atoms with E-state index in [1.54, 1.807) is 19.1 Å². The number of carbonyl (C=O) groups excluding carboxylic acids is 1. The van der Waals surface area contributed by atoms with Gasteiger partial charge < -0.3 is 4.74 Å². The van der Waals surface area contributed by atoms with Crippen molar-refractivity contribution in [1.29, 1.82) is 0 Å². The van der Waals surface area contributed by atoms with Crippen molar-refractivity contribution in [2.24, 2.45) is 0 Å². The third-order valence-corrected chi connectivity index (χ3v) is 1.98. The molecule has 0 fully saturated rings. The maximum absolute atomic E-state index is 12.7. The van der Waals surface area contributed by atoms with Gasteiger partial charge in [0.2, 0.25) is 5.95 Å². The van der Waals surface area contributed by atoms with Gasteiger partial charge in [-0.2, -0.15) is 4.39 Å². The van der Waals surface area contributed by atoms with Crippen molar-refractivity contribution in [2.75, 3.05) is 6.61 Å². The Balaban J connectivity index is 2.56. The summed E-state index contributed by atoms with van der Waals surface area (Å²) in [5.41, 5.74) is 0.635. The Morgan fingerprint density at radius 2 is 2.44 bits per heavy atom. The molecular weight excluding hydrogens is 233 g/mol. The van der Waals surface area contributed by atoms with Gasteiger partial charge in [0.1, 0.15) is 0 Å². The molecule has 0 unspecified atom stereocenters. The number of halogens is 2. The fourth-order valence-electron chi connectivity index (χ4n) is 1.04. The molecule has 3 nitrogen and oxygen atoms in total. The molecule has 0 N–H and O–H groups in total. The number of hydrogen-bond donors (Lipinski definition) is 0. The number of nitrogens with zero attached hydrogens (tertiary/aromatic N) is 1. The molecule has 0 aliphatic rings. The maximum atomic E-state index is 12.7. The predicted molar refractivity (Wildman–Crippen MR) is 59.5 cm³/mol. The molecule has 0 bridgehead atoms. The van der Waals surface area contributed by atoms with Gasteiger partial charge in [-0.15, -0.1) is 0 Å². The smallest absolute Gasteiger partial charge is 0.309 e. The maximum Gasteiger partial charge on any atom is 0.309 e. The minimum atomic E-state index is -0.704. The van der Waals surface area contributed by atoms with Crippen LogP contribution in [-0.4, -0.2) is 17.6 Å². The monoisotopic (exact) mass is 243 g/mol. The fourth-order valence-corrected chi connectivity index (χ4v) is 1.21. The summed E-state index contributed by atoms with van der Waals surface area (Å²) in [6.07, 6.45) is 4.75. The Kier molecular flexibility index (Phi) is 4.92. The molecule has 1 aromatic heterocycles. The molecule has 0 amide bonds. The van der Waals surface area contributed by atoms with Gasteiger partial charge in [-0.05, 0) is 18.6 Å². The molecule has 1 aromatic rings. The zero-order chi connectivity index (χ0) is 12.0. The van der Waals surface area contributed by atoms with E-state index in [1.165, 1.54) is 12.3 Å². The highest BCUT2D eigenvalue weighted by atomic mass is 35.5. The van der Waals surface area contributed by atoms with Crippen molar-refractivity contribution in [3.63, 3.8) is 0 Å². The van der Waals surface area contributed by atoms with Crippen molar-refractivity contribution in [2.45, 2.75) is 13.3 Å². The summed E-state index contributed by atoms with van der Waals surface area (Å²) >= 11 is 5.54. The van der Waals surface area contributed by atoms with Gasteiger partial charge >= 0.3 is 5.97 Å².